The van der Waals surface area contributed by atoms with Crippen molar-refractivity contribution in [3.8, 4) is 5.75 Å². The zero-order valence-corrected chi connectivity index (χ0v) is 13.5. The number of hydrogen-bond acceptors (Lipinski definition) is 4. The topological polar surface area (TPSA) is 67.4 Å². The molecule has 1 saturated carbocycles. The summed E-state index contributed by atoms with van der Waals surface area (Å²) in [6, 6.07) is 5.35. The van der Waals surface area contributed by atoms with Crippen LogP contribution in [0.5, 0.6) is 5.75 Å². The Kier molecular flexibility index (Phi) is 5.61. The van der Waals surface area contributed by atoms with Gasteiger partial charge in [0.15, 0.2) is 0 Å². The molecule has 2 N–H and O–H groups in total. The van der Waals surface area contributed by atoms with Crippen LogP contribution in [0.15, 0.2) is 23.1 Å². The van der Waals surface area contributed by atoms with Gasteiger partial charge in [0, 0.05) is 12.6 Å². The molecular formula is C15H24N2O3S. The predicted octanol–water partition coefficient (Wildman–Crippen LogP) is 2.03. The largest absolute Gasteiger partial charge is 0.495 e. The molecule has 6 heteroatoms. The van der Waals surface area contributed by atoms with E-state index in [4.69, 9.17) is 4.74 Å². The molecule has 0 saturated heterocycles. The number of methoxy groups -OCH3 is 1. The molecule has 2 rings (SSSR count). The Morgan fingerprint density at radius 1 is 1.29 bits per heavy atom. The molecule has 1 fully saturated rings. The van der Waals surface area contributed by atoms with E-state index >= 15 is 0 Å². The Bertz CT molecular complexity index is 566. The second-order valence-corrected chi connectivity index (χ2v) is 7.05. The van der Waals surface area contributed by atoms with Gasteiger partial charge in [-0.25, -0.2) is 13.1 Å². The molecule has 0 aliphatic heterocycles. The number of nitrogens with one attached hydrogen (secondary N) is 2. The maximum absolute atomic E-state index is 12.6. The molecule has 0 unspecified atom stereocenters. The summed E-state index contributed by atoms with van der Waals surface area (Å²) in [5.41, 5.74) is 0.935. The van der Waals surface area contributed by atoms with Crippen molar-refractivity contribution < 1.29 is 13.2 Å². The predicted molar refractivity (Wildman–Crippen MR) is 83.0 cm³/mol. The van der Waals surface area contributed by atoms with E-state index in [1.54, 1.807) is 12.1 Å². The smallest absolute Gasteiger partial charge is 0.244 e. The summed E-state index contributed by atoms with van der Waals surface area (Å²) in [7, 11) is -2.04. The third-order valence-electron chi connectivity index (χ3n) is 3.77. The Morgan fingerprint density at radius 2 is 2.00 bits per heavy atom. The van der Waals surface area contributed by atoms with Crippen molar-refractivity contribution in [1.29, 1.82) is 0 Å². The highest BCUT2D eigenvalue weighted by atomic mass is 32.2. The van der Waals surface area contributed by atoms with Gasteiger partial charge in [-0.15, -0.1) is 0 Å². The zero-order valence-electron chi connectivity index (χ0n) is 12.7. The minimum absolute atomic E-state index is 0.0529. The second-order valence-electron chi connectivity index (χ2n) is 5.37. The molecule has 21 heavy (non-hydrogen) atoms. The molecular weight excluding hydrogens is 288 g/mol. The van der Waals surface area contributed by atoms with Gasteiger partial charge in [-0.1, -0.05) is 25.8 Å². The van der Waals surface area contributed by atoms with Gasteiger partial charge in [-0.3, -0.25) is 0 Å². The number of hydrogen-bond donors (Lipinski definition) is 2. The Morgan fingerprint density at radius 3 is 2.62 bits per heavy atom. The van der Waals surface area contributed by atoms with Crippen LogP contribution in [0.25, 0.3) is 0 Å². The first-order chi connectivity index (χ1) is 10.1. The van der Waals surface area contributed by atoms with E-state index in [1.165, 1.54) is 7.11 Å². The van der Waals surface area contributed by atoms with Crippen LogP contribution >= 0.6 is 0 Å². The lowest BCUT2D eigenvalue weighted by Gasteiger charge is -2.16. The highest BCUT2D eigenvalue weighted by Crippen LogP contribution is 2.27. The first-order valence-electron chi connectivity index (χ1n) is 7.46. The molecule has 0 heterocycles. The van der Waals surface area contributed by atoms with Gasteiger partial charge in [-0.2, -0.15) is 0 Å². The van der Waals surface area contributed by atoms with Crippen LogP contribution in [0.1, 0.15) is 38.2 Å². The molecule has 1 aliphatic carbocycles. The minimum atomic E-state index is -3.54. The van der Waals surface area contributed by atoms with Crippen LogP contribution in [-0.4, -0.2) is 28.1 Å². The second kappa shape index (κ2) is 7.24. The molecule has 0 amide bonds. The van der Waals surface area contributed by atoms with E-state index in [0.29, 0.717) is 12.3 Å². The number of rotatable bonds is 7. The molecule has 1 aliphatic rings. The van der Waals surface area contributed by atoms with E-state index in [9.17, 15) is 8.42 Å². The lowest BCUT2D eigenvalue weighted by atomic mass is 10.2. The Balaban J connectivity index is 2.25. The number of sulfonamides is 1. The fourth-order valence-electron chi connectivity index (χ4n) is 2.64. The lowest BCUT2D eigenvalue weighted by Crippen LogP contribution is -2.33. The van der Waals surface area contributed by atoms with E-state index in [-0.39, 0.29) is 10.9 Å². The molecule has 5 nitrogen and oxygen atoms in total. The maximum atomic E-state index is 12.6. The monoisotopic (exact) mass is 312 g/mol. The molecule has 0 atom stereocenters. The van der Waals surface area contributed by atoms with Crippen molar-refractivity contribution >= 4 is 10.0 Å². The van der Waals surface area contributed by atoms with Gasteiger partial charge < -0.3 is 10.1 Å². The summed E-state index contributed by atoms with van der Waals surface area (Å²) in [6.07, 6.45) is 4.01. The van der Waals surface area contributed by atoms with E-state index in [0.717, 1.165) is 37.8 Å². The van der Waals surface area contributed by atoms with Crippen LogP contribution in [0.4, 0.5) is 0 Å². The summed E-state index contributed by atoms with van der Waals surface area (Å²) >= 11 is 0. The molecule has 0 spiro atoms. The van der Waals surface area contributed by atoms with Crippen molar-refractivity contribution in [3.63, 3.8) is 0 Å². The van der Waals surface area contributed by atoms with E-state index in [2.05, 4.69) is 10.0 Å². The van der Waals surface area contributed by atoms with Crippen LogP contribution in [0.2, 0.25) is 0 Å². The van der Waals surface area contributed by atoms with Gasteiger partial charge in [0.05, 0.1) is 7.11 Å². The molecule has 118 valence electrons. The van der Waals surface area contributed by atoms with Gasteiger partial charge in [0.2, 0.25) is 10.0 Å². The van der Waals surface area contributed by atoms with Gasteiger partial charge in [0.25, 0.3) is 0 Å². The highest BCUT2D eigenvalue weighted by Gasteiger charge is 2.25. The standard InChI is InChI=1S/C15H24N2O3S/c1-3-16-11-12-8-9-14(20-2)15(10-12)21(18,19)17-13-6-4-5-7-13/h8-10,13,16-17H,3-7,11H2,1-2H3. The Labute approximate surface area is 127 Å². The van der Waals surface area contributed by atoms with Gasteiger partial charge in [0.1, 0.15) is 10.6 Å². The van der Waals surface area contributed by atoms with E-state index < -0.39 is 10.0 Å². The van der Waals surface area contributed by atoms with Crippen LogP contribution in [0.3, 0.4) is 0 Å². The van der Waals surface area contributed by atoms with Crippen LogP contribution in [0, 0.1) is 0 Å². The molecule has 1 aromatic carbocycles. The summed E-state index contributed by atoms with van der Waals surface area (Å²) in [6.45, 7) is 3.50. The third-order valence-corrected chi connectivity index (χ3v) is 5.32. The van der Waals surface area contributed by atoms with Crippen molar-refractivity contribution in [2.24, 2.45) is 0 Å². The fraction of sp³-hybridized carbons (Fsp3) is 0.600. The highest BCUT2D eigenvalue weighted by molar-refractivity contribution is 7.89. The molecule has 0 aromatic heterocycles. The zero-order chi connectivity index (χ0) is 15.3. The average Bonchev–Trinajstić information content (AvgIpc) is 2.97. The number of benzene rings is 1. The van der Waals surface area contributed by atoms with Crippen molar-refractivity contribution in [2.45, 2.75) is 50.1 Å². The van der Waals surface area contributed by atoms with Crippen molar-refractivity contribution in [3.05, 3.63) is 23.8 Å². The Hall–Kier alpha value is -1.11. The van der Waals surface area contributed by atoms with Gasteiger partial charge in [-0.05, 0) is 37.1 Å². The SMILES string of the molecule is CCNCc1ccc(OC)c(S(=O)(=O)NC2CCCC2)c1. The van der Waals surface area contributed by atoms with Crippen molar-refractivity contribution in [1.82, 2.24) is 10.0 Å². The minimum Gasteiger partial charge on any atom is -0.495 e. The quantitative estimate of drug-likeness (QED) is 0.808. The molecule has 0 bridgehead atoms. The summed E-state index contributed by atoms with van der Waals surface area (Å²) in [5.74, 6) is 0.390. The first kappa shape index (κ1) is 16.3. The molecule has 1 aromatic rings. The van der Waals surface area contributed by atoms with Gasteiger partial charge >= 0.3 is 0 Å². The summed E-state index contributed by atoms with van der Waals surface area (Å²) in [5, 5.41) is 3.20. The maximum Gasteiger partial charge on any atom is 0.244 e. The normalized spacial score (nSPS) is 16.3. The lowest BCUT2D eigenvalue weighted by molar-refractivity contribution is 0.401. The van der Waals surface area contributed by atoms with E-state index in [1.807, 2.05) is 13.0 Å². The first-order valence-corrected chi connectivity index (χ1v) is 8.95. The van der Waals surface area contributed by atoms with Crippen LogP contribution in [-0.2, 0) is 16.6 Å². The fourth-order valence-corrected chi connectivity index (χ4v) is 4.16. The summed E-state index contributed by atoms with van der Waals surface area (Å²) < 4.78 is 33.2. The number of ether oxygens (including phenoxy) is 1. The summed E-state index contributed by atoms with van der Waals surface area (Å²) in [4.78, 5) is 0.229. The third kappa shape index (κ3) is 4.18. The van der Waals surface area contributed by atoms with Crippen molar-refractivity contribution in [2.75, 3.05) is 13.7 Å². The average molecular weight is 312 g/mol. The van der Waals surface area contributed by atoms with Crippen LogP contribution < -0.4 is 14.8 Å². The molecule has 0 radical (unpaired) electrons.